The van der Waals surface area contributed by atoms with Crippen molar-refractivity contribution in [2.45, 2.75) is 18.5 Å². The third-order valence-corrected chi connectivity index (χ3v) is 9.03. The SMILES string of the molecule is CSc1nn[nH]n1.Cc1ccc(-c2nn[nH]n2)cc1.S=c1nn[nH]n1-c1ccccc1.c1ccc(-c2nn[nH]n2)cc1.c1ccc(Cc2nn[nH]n2)cc1.c1ccc2oncc2c1.c1cnoc1. The molecule has 0 aliphatic heterocycles. The average Bonchev–Trinajstić information content (AvgIpc) is 4.25. The van der Waals surface area contributed by atoms with Gasteiger partial charge in [-0.2, -0.15) is 26.1 Å². The van der Waals surface area contributed by atoms with Crippen LogP contribution in [-0.4, -0.2) is 119 Å². The van der Waals surface area contributed by atoms with Crippen LogP contribution in [0.5, 0.6) is 0 Å². The summed E-state index contributed by atoms with van der Waals surface area (Å²) in [6.45, 7) is 2.04. The van der Waals surface area contributed by atoms with E-state index in [0.29, 0.717) is 21.6 Å². The molecule has 24 nitrogen and oxygen atoms in total. The van der Waals surface area contributed by atoms with Crippen LogP contribution in [0.15, 0.2) is 178 Å². The van der Waals surface area contributed by atoms with E-state index in [9.17, 15) is 0 Å². The van der Waals surface area contributed by atoms with Gasteiger partial charge in [0.1, 0.15) is 6.26 Å². The Morgan fingerprint density at radius 3 is 1.69 bits per heavy atom. The molecule has 0 amide bonds. The lowest BCUT2D eigenvalue weighted by Crippen LogP contribution is -1.95. The molecule has 0 aliphatic carbocycles. The molecular formula is C42H40N22O2S2. The summed E-state index contributed by atoms with van der Waals surface area (Å²) in [5.41, 5.74) is 6.15. The number of para-hydroxylation sites is 2. The number of hydrogen-bond acceptors (Lipinski definition) is 20. The van der Waals surface area contributed by atoms with Crippen LogP contribution in [0.1, 0.15) is 17.0 Å². The van der Waals surface area contributed by atoms with Gasteiger partial charge in [0.15, 0.2) is 11.4 Å². The maximum absolute atomic E-state index is 4.93. The summed E-state index contributed by atoms with van der Waals surface area (Å²) in [7, 11) is 0. The number of H-pyrrole nitrogens is 5. The smallest absolute Gasteiger partial charge is 0.242 e. The van der Waals surface area contributed by atoms with Crippen LogP contribution in [0.4, 0.5) is 0 Å². The summed E-state index contributed by atoms with van der Waals surface area (Å²) in [5.74, 6) is 1.99. The molecule has 7 aromatic heterocycles. The molecule has 0 saturated heterocycles. The number of nitrogens with zero attached hydrogens (tertiary/aromatic N) is 17. The molecular weight excluding hydrogens is 909 g/mol. The van der Waals surface area contributed by atoms with E-state index in [1.165, 1.54) is 29.2 Å². The third kappa shape index (κ3) is 16.7. The molecule has 0 radical (unpaired) electrons. The van der Waals surface area contributed by atoms with Gasteiger partial charge in [-0.1, -0.05) is 158 Å². The maximum atomic E-state index is 4.93. The molecule has 0 fully saturated rings. The number of thioether (sulfide) groups is 1. The number of fused-ring (bicyclic) bond motifs is 1. The summed E-state index contributed by atoms with van der Waals surface area (Å²) in [6, 6.07) is 46.8. The van der Waals surface area contributed by atoms with Gasteiger partial charge in [-0.25, -0.2) is 4.68 Å². The Labute approximate surface area is 394 Å². The van der Waals surface area contributed by atoms with Gasteiger partial charge >= 0.3 is 0 Å². The molecule has 0 aliphatic rings. The van der Waals surface area contributed by atoms with Crippen LogP contribution < -0.4 is 0 Å². The molecule has 26 heteroatoms. The van der Waals surface area contributed by atoms with Crippen LogP contribution in [-0.2, 0) is 6.42 Å². The Bertz CT molecular complexity index is 3050. The number of nitrogens with one attached hydrogen (secondary N) is 5. The normalized spacial score (nSPS) is 9.79. The van der Waals surface area contributed by atoms with Crippen molar-refractivity contribution in [1.82, 2.24) is 113 Å². The van der Waals surface area contributed by atoms with Crippen molar-refractivity contribution in [3.63, 3.8) is 0 Å². The zero-order valence-corrected chi connectivity index (χ0v) is 37.7. The minimum absolute atomic E-state index is 0.432. The number of rotatable bonds is 6. The van der Waals surface area contributed by atoms with Gasteiger partial charge in [-0.3, -0.25) is 0 Å². The number of benzene rings is 5. The van der Waals surface area contributed by atoms with Crippen LogP contribution in [0, 0.1) is 11.7 Å². The van der Waals surface area contributed by atoms with Crippen molar-refractivity contribution in [3.05, 3.63) is 186 Å². The Morgan fingerprint density at radius 1 is 0.574 bits per heavy atom. The lowest BCUT2D eigenvalue weighted by atomic mass is 10.1. The fraction of sp³-hybridized carbons (Fsp3) is 0.0714. The largest absolute Gasteiger partial charge is 0.365 e. The van der Waals surface area contributed by atoms with E-state index in [2.05, 4.69) is 113 Å². The Hall–Kier alpha value is -9.30. The summed E-state index contributed by atoms with van der Waals surface area (Å²) >= 11 is 6.38. The van der Waals surface area contributed by atoms with Crippen LogP contribution in [0.2, 0.25) is 0 Å². The van der Waals surface area contributed by atoms with E-state index in [1.807, 2.05) is 153 Å². The van der Waals surface area contributed by atoms with Gasteiger partial charge in [0.2, 0.25) is 21.6 Å². The zero-order valence-electron chi connectivity index (χ0n) is 36.0. The molecule has 68 heavy (non-hydrogen) atoms. The summed E-state index contributed by atoms with van der Waals surface area (Å²) < 4.78 is 11.3. The lowest BCUT2D eigenvalue weighted by Gasteiger charge is -1.97. The van der Waals surface area contributed by atoms with Crippen molar-refractivity contribution >= 4 is 34.9 Å². The van der Waals surface area contributed by atoms with Crippen molar-refractivity contribution in [2.24, 2.45) is 0 Å². The minimum atomic E-state index is 0.432. The molecule has 342 valence electrons. The zero-order chi connectivity index (χ0) is 47.3. The lowest BCUT2D eigenvalue weighted by molar-refractivity contribution is 0.420. The van der Waals surface area contributed by atoms with Gasteiger partial charge in [0, 0.05) is 22.9 Å². The third-order valence-electron chi connectivity index (χ3n) is 8.23. The Balaban J connectivity index is 0.000000133. The number of tetrazole rings is 5. The Kier molecular flexibility index (Phi) is 19.7. The molecule has 0 saturated carbocycles. The molecule has 5 aromatic carbocycles. The van der Waals surface area contributed by atoms with Gasteiger partial charge < -0.3 is 9.05 Å². The van der Waals surface area contributed by atoms with Crippen molar-refractivity contribution in [3.8, 4) is 28.5 Å². The fourth-order valence-corrected chi connectivity index (χ4v) is 5.50. The first-order chi connectivity index (χ1) is 33.6. The molecule has 5 N–H and O–H groups in total. The van der Waals surface area contributed by atoms with E-state index < -0.39 is 0 Å². The summed E-state index contributed by atoms with van der Waals surface area (Å²) in [6.07, 6.45) is 7.43. The van der Waals surface area contributed by atoms with Gasteiger partial charge in [-0.05, 0) is 76.9 Å². The number of aromatic nitrogens is 22. The van der Waals surface area contributed by atoms with Gasteiger partial charge in [0.25, 0.3) is 0 Å². The molecule has 0 unspecified atom stereocenters. The predicted octanol–water partition coefficient (Wildman–Crippen LogP) is 6.58. The monoisotopic (exact) mass is 948 g/mol. The predicted molar refractivity (Wildman–Crippen MR) is 250 cm³/mol. The second-order valence-electron chi connectivity index (χ2n) is 12.9. The highest BCUT2D eigenvalue weighted by Crippen LogP contribution is 2.14. The highest BCUT2D eigenvalue weighted by atomic mass is 32.2. The Morgan fingerprint density at radius 2 is 1.18 bits per heavy atom. The minimum Gasteiger partial charge on any atom is -0.365 e. The molecule has 12 rings (SSSR count). The number of aromatic amines is 5. The summed E-state index contributed by atoms with van der Waals surface area (Å²) in [5, 5.41) is 72.4. The molecule has 0 spiro atoms. The van der Waals surface area contributed by atoms with E-state index in [0.717, 1.165) is 40.0 Å². The van der Waals surface area contributed by atoms with Crippen LogP contribution >= 0.6 is 24.0 Å². The highest BCUT2D eigenvalue weighted by Gasteiger charge is 2.01. The first kappa shape index (κ1) is 48.2. The van der Waals surface area contributed by atoms with Crippen molar-refractivity contribution in [1.29, 1.82) is 0 Å². The van der Waals surface area contributed by atoms with Crippen LogP contribution in [0.25, 0.3) is 39.4 Å². The maximum Gasteiger partial charge on any atom is 0.242 e. The number of hydrogen-bond donors (Lipinski definition) is 5. The standard InChI is InChI=1S/2C8H8N4.C7H6N4S.C7H6N4.C7H5NO.C3H3NO.C2H4N4S/c1-6-2-4-7(5-3-6)8-9-11-12-10-8;1-2-4-7(5-3-1)6-8-9-11-12-10-8;12-7-8-9-10-11(7)6-4-2-1-3-5-6;1-2-4-6(5-3-1)7-8-10-11-9-7;1-2-4-7-6(3-1)5-8-9-7;1-2-4-5-3-1;1-7-2-3-5-6-4-2/h2-5H,1H3,(H,9,10,11,12);1-5H,6H2,(H,9,10,11,12);1-5H,(H,8,10,12);1-5H,(H,8,9,10,11);1-5H;1-3H;1H3,(H,3,4,5,6). The highest BCUT2D eigenvalue weighted by molar-refractivity contribution is 7.98. The first-order valence-corrected chi connectivity index (χ1v) is 21.5. The van der Waals surface area contributed by atoms with Crippen molar-refractivity contribution in [2.75, 3.05) is 6.26 Å². The molecule has 0 atom stereocenters. The first-order valence-electron chi connectivity index (χ1n) is 19.9. The molecule has 7 heterocycles. The molecule has 0 bridgehead atoms. The average molecular weight is 949 g/mol. The van der Waals surface area contributed by atoms with Gasteiger partial charge in [-0.15, -0.1) is 40.8 Å². The van der Waals surface area contributed by atoms with E-state index in [4.69, 9.17) is 16.7 Å². The quantitative estimate of drug-likeness (QED) is 0.0867. The second kappa shape index (κ2) is 27.8. The van der Waals surface area contributed by atoms with E-state index >= 15 is 0 Å². The van der Waals surface area contributed by atoms with E-state index in [-0.39, 0.29) is 0 Å². The fourth-order valence-electron chi connectivity index (χ4n) is 5.06. The van der Waals surface area contributed by atoms with E-state index in [1.54, 1.807) is 23.1 Å². The van der Waals surface area contributed by atoms with Crippen molar-refractivity contribution < 1.29 is 9.05 Å². The summed E-state index contributed by atoms with van der Waals surface area (Å²) in [4.78, 5) is 0. The second-order valence-corrected chi connectivity index (χ2v) is 14.0. The topological polar surface area (TPSA) is 316 Å². The molecule has 12 aromatic rings. The number of aryl methyl sites for hydroxylation is 1. The van der Waals surface area contributed by atoms with Gasteiger partial charge in [0.05, 0.1) is 18.1 Å². The van der Waals surface area contributed by atoms with Crippen LogP contribution in [0.3, 0.4) is 0 Å².